The second-order valence-corrected chi connectivity index (χ2v) is 7.08. The lowest BCUT2D eigenvalue weighted by Gasteiger charge is -2.30. The second kappa shape index (κ2) is 9.55. The third kappa shape index (κ3) is 5.26. The van der Waals surface area contributed by atoms with E-state index in [1.54, 1.807) is 54.6 Å². The van der Waals surface area contributed by atoms with E-state index in [0.29, 0.717) is 16.9 Å². The van der Waals surface area contributed by atoms with Crippen LogP contribution in [0.5, 0.6) is 5.75 Å². The quantitative estimate of drug-likeness (QED) is 0.582. The maximum Gasteiger partial charge on any atom is 0.416 e. The number of primary amides is 1. The molecule has 5 nitrogen and oxygen atoms in total. The number of halogens is 3. The fraction of sp³-hybridized carbons (Fsp3) is 0.167. The van der Waals surface area contributed by atoms with Crippen molar-refractivity contribution in [3.8, 4) is 5.75 Å². The zero-order chi connectivity index (χ0) is 23.3. The van der Waals surface area contributed by atoms with Crippen LogP contribution in [0.1, 0.15) is 33.1 Å². The Labute approximate surface area is 183 Å². The van der Waals surface area contributed by atoms with Gasteiger partial charge in [-0.25, -0.2) is 0 Å². The smallest absolute Gasteiger partial charge is 0.416 e. The Morgan fingerprint density at radius 2 is 1.62 bits per heavy atom. The van der Waals surface area contributed by atoms with Crippen LogP contribution in [0.4, 0.5) is 13.2 Å². The monoisotopic (exact) mass is 442 g/mol. The van der Waals surface area contributed by atoms with Crippen LogP contribution in [0.15, 0.2) is 78.9 Å². The topological polar surface area (TPSA) is 72.6 Å². The lowest BCUT2D eigenvalue weighted by Crippen LogP contribution is -2.41. The summed E-state index contributed by atoms with van der Waals surface area (Å²) in [6.45, 7) is -0.0143. The van der Waals surface area contributed by atoms with Gasteiger partial charge in [-0.15, -0.1) is 0 Å². The van der Waals surface area contributed by atoms with Crippen molar-refractivity contribution in [3.63, 3.8) is 0 Å². The Hall–Kier alpha value is -3.81. The molecule has 0 heterocycles. The fourth-order valence-electron chi connectivity index (χ4n) is 3.35. The average Bonchev–Trinajstić information content (AvgIpc) is 2.78. The highest BCUT2D eigenvalue weighted by molar-refractivity contribution is 5.97. The molecule has 0 saturated heterocycles. The maximum atomic E-state index is 13.4. The van der Waals surface area contributed by atoms with Gasteiger partial charge in [-0.3, -0.25) is 9.59 Å². The molecule has 3 aromatic rings. The van der Waals surface area contributed by atoms with Crippen molar-refractivity contribution in [2.75, 3.05) is 7.11 Å². The number of methoxy groups -OCH3 is 1. The summed E-state index contributed by atoms with van der Waals surface area (Å²) < 4.78 is 44.0. The molecule has 0 aliphatic rings. The van der Waals surface area contributed by atoms with Gasteiger partial charge in [0.1, 0.15) is 11.8 Å². The average molecular weight is 442 g/mol. The molecule has 3 rings (SSSR count). The van der Waals surface area contributed by atoms with Crippen LogP contribution in [-0.4, -0.2) is 23.8 Å². The summed E-state index contributed by atoms with van der Waals surface area (Å²) in [6.07, 6.45) is -4.53. The SMILES string of the molecule is COc1cccc(CN(C(=O)c2ccc(C(F)(F)F)cc2)[C@@H](C(N)=O)c2ccccc2)c1. The Morgan fingerprint density at radius 3 is 2.19 bits per heavy atom. The highest BCUT2D eigenvalue weighted by Gasteiger charge is 2.33. The van der Waals surface area contributed by atoms with E-state index >= 15 is 0 Å². The molecule has 0 spiro atoms. The summed E-state index contributed by atoms with van der Waals surface area (Å²) in [5.74, 6) is -0.840. The summed E-state index contributed by atoms with van der Waals surface area (Å²) in [5.41, 5.74) is 5.95. The first-order valence-corrected chi connectivity index (χ1v) is 9.66. The predicted octanol–water partition coefficient (Wildman–Crippen LogP) is 4.58. The van der Waals surface area contributed by atoms with Crippen LogP contribution in [0.25, 0.3) is 0 Å². The summed E-state index contributed by atoms with van der Waals surface area (Å²) >= 11 is 0. The number of rotatable bonds is 7. The van der Waals surface area contributed by atoms with Crippen molar-refractivity contribution >= 4 is 11.8 Å². The number of hydrogen-bond donors (Lipinski definition) is 1. The number of ether oxygens (including phenoxy) is 1. The summed E-state index contributed by atoms with van der Waals surface area (Å²) in [7, 11) is 1.50. The van der Waals surface area contributed by atoms with E-state index in [2.05, 4.69) is 0 Å². The van der Waals surface area contributed by atoms with Crippen LogP contribution in [0, 0.1) is 0 Å². The molecule has 1 atom stereocenters. The Morgan fingerprint density at radius 1 is 0.969 bits per heavy atom. The summed E-state index contributed by atoms with van der Waals surface area (Å²) in [5, 5.41) is 0. The Bertz CT molecular complexity index is 1080. The molecule has 0 fully saturated rings. The molecule has 0 aliphatic carbocycles. The van der Waals surface area contributed by atoms with Gasteiger partial charge in [0, 0.05) is 12.1 Å². The molecule has 0 aromatic heterocycles. The van der Waals surface area contributed by atoms with Gasteiger partial charge in [-0.1, -0.05) is 42.5 Å². The highest BCUT2D eigenvalue weighted by atomic mass is 19.4. The number of alkyl halides is 3. The molecule has 0 bridgehead atoms. The fourth-order valence-corrected chi connectivity index (χ4v) is 3.35. The van der Waals surface area contributed by atoms with Crippen molar-refractivity contribution in [2.45, 2.75) is 18.8 Å². The van der Waals surface area contributed by atoms with Gasteiger partial charge in [-0.2, -0.15) is 13.2 Å². The van der Waals surface area contributed by atoms with Gasteiger partial charge in [0.05, 0.1) is 12.7 Å². The van der Waals surface area contributed by atoms with Gasteiger partial charge >= 0.3 is 6.18 Å². The van der Waals surface area contributed by atoms with E-state index in [0.717, 1.165) is 24.3 Å². The number of benzene rings is 3. The minimum absolute atomic E-state index is 0.00285. The third-order valence-electron chi connectivity index (χ3n) is 4.90. The van der Waals surface area contributed by atoms with Crippen LogP contribution >= 0.6 is 0 Å². The minimum atomic E-state index is -4.53. The predicted molar refractivity (Wildman–Crippen MR) is 113 cm³/mol. The lowest BCUT2D eigenvalue weighted by molar-refractivity contribution is -0.137. The molecule has 166 valence electrons. The molecule has 32 heavy (non-hydrogen) atoms. The number of carbonyl (C=O) groups is 2. The summed E-state index contributed by atoms with van der Waals surface area (Å²) in [6, 6.07) is 18.1. The minimum Gasteiger partial charge on any atom is -0.497 e. The first kappa shape index (κ1) is 22.9. The van der Waals surface area contributed by atoms with Crippen molar-refractivity contribution < 1.29 is 27.5 Å². The molecule has 3 aromatic carbocycles. The molecule has 0 aliphatic heterocycles. The van der Waals surface area contributed by atoms with Crippen molar-refractivity contribution in [2.24, 2.45) is 5.73 Å². The molecular formula is C24H21F3N2O3. The van der Waals surface area contributed by atoms with Crippen molar-refractivity contribution in [1.29, 1.82) is 0 Å². The number of amides is 2. The normalized spacial score (nSPS) is 12.1. The van der Waals surface area contributed by atoms with E-state index in [-0.39, 0.29) is 12.1 Å². The molecular weight excluding hydrogens is 421 g/mol. The molecule has 2 N–H and O–H groups in total. The largest absolute Gasteiger partial charge is 0.497 e. The Balaban J connectivity index is 2.04. The first-order valence-electron chi connectivity index (χ1n) is 9.66. The van der Waals surface area contributed by atoms with Gasteiger partial charge in [-0.05, 0) is 47.5 Å². The Kier molecular flexibility index (Phi) is 6.82. The number of nitrogens with zero attached hydrogens (tertiary/aromatic N) is 1. The third-order valence-corrected chi connectivity index (χ3v) is 4.90. The molecule has 0 saturated carbocycles. The van der Waals surface area contributed by atoms with Gasteiger partial charge < -0.3 is 15.4 Å². The van der Waals surface area contributed by atoms with Crippen LogP contribution in [-0.2, 0) is 17.5 Å². The molecule has 8 heteroatoms. The van der Waals surface area contributed by atoms with E-state index in [1.807, 2.05) is 0 Å². The highest BCUT2D eigenvalue weighted by Crippen LogP contribution is 2.30. The van der Waals surface area contributed by atoms with E-state index in [9.17, 15) is 22.8 Å². The number of carbonyl (C=O) groups excluding carboxylic acids is 2. The van der Waals surface area contributed by atoms with E-state index < -0.39 is 29.6 Å². The molecule has 0 radical (unpaired) electrons. The van der Waals surface area contributed by atoms with E-state index in [1.165, 1.54) is 12.0 Å². The second-order valence-electron chi connectivity index (χ2n) is 7.08. The van der Waals surface area contributed by atoms with Crippen molar-refractivity contribution in [3.05, 3.63) is 101 Å². The lowest BCUT2D eigenvalue weighted by atomic mass is 10.0. The first-order chi connectivity index (χ1) is 15.2. The van der Waals surface area contributed by atoms with Crippen LogP contribution in [0.3, 0.4) is 0 Å². The van der Waals surface area contributed by atoms with Gasteiger partial charge in [0.25, 0.3) is 5.91 Å². The molecule has 2 amide bonds. The number of nitrogens with two attached hydrogens (primary N) is 1. The van der Waals surface area contributed by atoms with Crippen LogP contribution in [0.2, 0.25) is 0 Å². The zero-order valence-electron chi connectivity index (χ0n) is 17.2. The standard InChI is InChI=1S/C24H21F3N2O3/c1-32-20-9-5-6-16(14-20)15-29(21(22(28)30)17-7-3-2-4-8-17)23(31)18-10-12-19(13-11-18)24(25,26)27/h2-14,21H,15H2,1H3,(H2,28,30)/t21-/m1/s1. The van der Waals surface area contributed by atoms with Gasteiger partial charge in [0.15, 0.2) is 0 Å². The van der Waals surface area contributed by atoms with Crippen LogP contribution < -0.4 is 10.5 Å². The van der Waals surface area contributed by atoms with Crippen molar-refractivity contribution in [1.82, 2.24) is 4.90 Å². The molecule has 0 unspecified atom stereocenters. The zero-order valence-corrected chi connectivity index (χ0v) is 17.2. The maximum absolute atomic E-state index is 13.4. The number of hydrogen-bond acceptors (Lipinski definition) is 3. The van der Waals surface area contributed by atoms with Gasteiger partial charge in [0.2, 0.25) is 5.91 Å². The van der Waals surface area contributed by atoms with E-state index in [4.69, 9.17) is 10.5 Å². The summed E-state index contributed by atoms with van der Waals surface area (Å²) in [4.78, 5) is 27.1.